The van der Waals surface area contributed by atoms with E-state index in [-0.39, 0.29) is 29.3 Å². The summed E-state index contributed by atoms with van der Waals surface area (Å²) >= 11 is 0. The van der Waals surface area contributed by atoms with Crippen molar-refractivity contribution in [2.75, 3.05) is 20.1 Å². The van der Waals surface area contributed by atoms with Gasteiger partial charge in [-0.05, 0) is 31.0 Å². The minimum atomic E-state index is -0.466. The zero-order valence-corrected chi connectivity index (χ0v) is 15.5. The van der Waals surface area contributed by atoms with E-state index in [0.29, 0.717) is 48.8 Å². The van der Waals surface area contributed by atoms with Gasteiger partial charge in [-0.25, -0.2) is 4.98 Å². The highest BCUT2D eigenvalue weighted by atomic mass is 16.2. The smallest absolute Gasteiger partial charge is 0.258 e. The van der Waals surface area contributed by atoms with Gasteiger partial charge in [-0.2, -0.15) is 0 Å². The molecule has 0 bridgehead atoms. The SMILES string of the molecule is CN(C(=O)C1CCC(=O)N1)C1CCN(C(=O)c2ccc3c(=O)[nH]cnc3c2)C1. The van der Waals surface area contributed by atoms with Gasteiger partial charge >= 0.3 is 0 Å². The molecule has 2 aromatic rings. The van der Waals surface area contributed by atoms with Crippen molar-refractivity contribution in [2.24, 2.45) is 0 Å². The molecule has 2 atom stereocenters. The van der Waals surface area contributed by atoms with Gasteiger partial charge in [0, 0.05) is 32.1 Å². The number of likely N-dealkylation sites (tertiary alicyclic amines) is 1. The van der Waals surface area contributed by atoms with Crippen LogP contribution < -0.4 is 10.9 Å². The lowest BCUT2D eigenvalue weighted by Crippen LogP contribution is -2.48. The van der Waals surface area contributed by atoms with Gasteiger partial charge in [0.1, 0.15) is 6.04 Å². The summed E-state index contributed by atoms with van der Waals surface area (Å²) in [4.78, 5) is 58.5. The predicted octanol–water partition coefficient (Wildman–Crippen LogP) is -0.125. The van der Waals surface area contributed by atoms with Crippen molar-refractivity contribution < 1.29 is 14.4 Å². The van der Waals surface area contributed by atoms with Crippen LogP contribution in [0.25, 0.3) is 10.9 Å². The van der Waals surface area contributed by atoms with Crippen LogP contribution in [-0.4, -0.2) is 69.7 Å². The second-order valence-corrected chi connectivity index (χ2v) is 7.27. The van der Waals surface area contributed by atoms with E-state index in [1.54, 1.807) is 35.0 Å². The molecule has 2 fully saturated rings. The molecule has 0 spiro atoms. The normalized spacial score (nSPS) is 21.8. The Kier molecular flexibility index (Phi) is 4.58. The summed E-state index contributed by atoms with van der Waals surface area (Å²) in [5.74, 6) is -0.362. The predicted molar refractivity (Wildman–Crippen MR) is 101 cm³/mol. The van der Waals surface area contributed by atoms with Crippen LogP contribution >= 0.6 is 0 Å². The molecule has 1 aromatic carbocycles. The van der Waals surface area contributed by atoms with Crippen molar-refractivity contribution in [2.45, 2.75) is 31.3 Å². The monoisotopic (exact) mass is 383 g/mol. The first-order valence-electron chi connectivity index (χ1n) is 9.27. The van der Waals surface area contributed by atoms with Crippen molar-refractivity contribution in [1.82, 2.24) is 25.1 Å². The number of hydrogen-bond acceptors (Lipinski definition) is 5. The molecule has 9 nitrogen and oxygen atoms in total. The molecule has 0 radical (unpaired) electrons. The number of H-pyrrole nitrogens is 1. The fourth-order valence-electron chi connectivity index (χ4n) is 3.85. The molecule has 2 unspecified atom stereocenters. The highest BCUT2D eigenvalue weighted by molar-refractivity contribution is 5.98. The standard InChI is InChI=1S/C19H21N5O4/c1-23(19(28)14-4-5-16(25)22-14)12-6-7-24(9-12)18(27)11-2-3-13-15(8-11)20-10-21-17(13)26/h2-3,8,10,12,14H,4-7,9H2,1H3,(H,22,25)(H,20,21,26). The van der Waals surface area contributed by atoms with Crippen LogP contribution in [0.4, 0.5) is 0 Å². The van der Waals surface area contributed by atoms with E-state index in [1.165, 1.54) is 6.33 Å². The van der Waals surface area contributed by atoms with Crippen LogP contribution in [0.3, 0.4) is 0 Å². The number of nitrogens with one attached hydrogen (secondary N) is 2. The van der Waals surface area contributed by atoms with Crippen molar-refractivity contribution >= 4 is 28.6 Å². The Morgan fingerprint density at radius 1 is 1.25 bits per heavy atom. The summed E-state index contributed by atoms with van der Waals surface area (Å²) < 4.78 is 0. The molecule has 2 N–H and O–H groups in total. The Morgan fingerprint density at radius 3 is 2.82 bits per heavy atom. The molecule has 1 aromatic heterocycles. The Balaban J connectivity index is 1.45. The number of hydrogen-bond donors (Lipinski definition) is 2. The molecule has 2 aliphatic heterocycles. The maximum atomic E-state index is 12.9. The maximum Gasteiger partial charge on any atom is 0.258 e. The number of carbonyl (C=O) groups is 3. The van der Waals surface area contributed by atoms with Gasteiger partial charge in [0.25, 0.3) is 11.5 Å². The van der Waals surface area contributed by atoms with Gasteiger partial charge < -0.3 is 20.1 Å². The highest BCUT2D eigenvalue weighted by Crippen LogP contribution is 2.20. The third kappa shape index (κ3) is 3.23. The molecule has 2 aliphatic rings. The van der Waals surface area contributed by atoms with E-state index >= 15 is 0 Å². The molecule has 3 heterocycles. The Morgan fingerprint density at radius 2 is 2.07 bits per heavy atom. The van der Waals surface area contributed by atoms with E-state index in [0.717, 1.165) is 0 Å². The lowest BCUT2D eigenvalue weighted by molar-refractivity contribution is -0.134. The third-order valence-corrected chi connectivity index (χ3v) is 5.53. The van der Waals surface area contributed by atoms with Gasteiger partial charge in [-0.3, -0.25) is 19.2 Å². The summed E-state index contributed by atoms with van der Waals surface area (Å²) in [5.41, 5.74) is 0.683. The largest absolute Gasteiger partial charge is 0.344 e. The van der Waals surface area contributed by atoms with E-state index < -0.39 is 6.04 Å². The molecule has 146 valence electrons. The van der Waals surface area contributed by atoms with E-state index in [2.05, 4.69) is 15.3 Å². The summed E-state index contributed by atoms with van der Waals surface area (Å²) in [6, 6.07) is 4.28. The number of likely N-dealkylation sites (N-methyl/N-ethyl adjacent to an activating group) is 1. The lowest BCUT2D eigenvalue weighted by Gasteiger charge is -2.27. The summed E-state index contributed by atoms with van der Waals surface area (Å²) in [6.45, 7) is 0.974. The quantitative estimate of drug-likeness (QED) is 0.766. The Hall–Kier alpha value is -3.23. The first-order valence-corrected chi connectivity index (χ1v) is 9.27. The van der Waals surface area contributed by atoms with Gasteiger partial charge in [-0.15, -0.1) is 0 Å². The maximum absolute atomic E-state index is 12.9. The number of amides is 3. The van der Waals surface area contributed by atoms with E-state index in [9.17, 15) is 19.2 Å². The van der Waals surface area contributed by atoms with Crippen LogP contribution in [0.2, 0.25) is 0 Å². The number of fused-ring (bicyclic) bond motifs is 1. The van der Waals surface area contributed by atoms with Crippen molar-refractivity contribution in [3.8, 4) is 0 Å². The molecule has 28 heavy (non-hydrogen) atoms. The first kappa shape index (κ1) is 18.1. The average molecular weight is 383 g/mol. The van der Waals surface area contributed by atoms with E-state index in [4.69, 9.17) is 0 Å². The number of benzene rings is 1. The molecule has 4 rings (SSSR count). The molecule has 3 amide bonds. The second-order valence-electron chi connectivity index (χ2n) is 7.27. The third-order valence-electron chi connectivity index (χ3n) is 5.53. The Bertz CT molecular complexity index is 1020. The summed E-state index contributed by atoms with van der Waals surface area (Å²) in [5, 5.41) is 3.13. The molecular formula is C19H21N5O4. The highest BCUT2D eigenvalue weighted by Gasteiger charge is 2.36. The number of rotatable bonds is 3. The van der Waals surface area contributed by atoms with Crippen molar-refractivity contribution in [3.05, 3.63) is 40.4 Å². The van der Waals surface area contributed by atoms with Crippen LogP contribution in [-0.2, 0) is 9.59 Å². The van der Waals surface area contributed by atoms with Gasteiger partial charge in [0.2, 0.25) is 11.8 Å². The van der Waals surface area contributed by atoms with E-state index in [1.807, 2.05) is 0 Å². The number of aromatic amines is 1. The zero-order valence-electron chi connectivity index (χ0n) is 15.5. The van der Waals surface area contributed by atoms with Gasteiger partial charge in [-0.1, -0.05) is 0 Å². The second kappa shape index (κ2) is 7.06. The Labute approximate surface area is 160 Å². The summed E-state index contributed by atoms with van der Waals surface area (Å²) in [7, 11) is 1.72. The van der Waals surface area contributed by atoms with Crippen LogP contribution in [0.15, 0.2) is 29.3 Å². The zero-order chi connectivity index (χ0) is 19.8. The fourth-order valence-corrected chi connectivity index (χ4v) is 3.85. The van der Waals surface area contributed by atoms with Crippen molar-refractivity contribution in [1.29, 1.82) is 0 Å². The van der Waals surface area contributed by atoms with Crippen LogP contribution in [0.1, 0.15) is 29.6 Å². The minimum Gasteiger partial charge on any atom is -0.344 e. The molecule has 0 aliphatic carbocycles. The number of nitrogens with zero attached hydrogens (tertiary/aromatic N) is 3. The van der Waals surface area contributed by atoms with Crippen LogP contribution in [0, 0.1) is 0 Å². The molecule has 9 heteroatoms. The molecule has 0 saturated carbocycles. The number of carbonyl (C=O) groups excluding carboxylic acids is 3. The average Bonchev–Trinajstić information content (AvgIpc) is 3.35. The van der Waals surface area contributed by atoms with Gasteiger partial charge in [0.05, 0.1) is 23.3 Å². The van der Waals surface area contributed by atoms with Gasteiger partial charge in [0.15, 0.2) is 0 Å². The lowest BCUT2D eigenvalue weighted by atomic mass is 10.1. The minimum absolute atomic E-state index is 0.0876. The summed E-state index contributed by atoms with van der Waals surface area (Å²) in [6.07, 6.45) is 2.88. The first-order chi connectivity index (χ1) is 13.4. The number of aromatic nitrogens is 2. The molecular weight excluding hydrogens is 362 g/mol. The topological polar surface area (TPSA) is 115 Å². The molecule has 2 saturated heterocycles. The fraction of sp³-hybridized carbons (Fsp3) is 0.421. The van der Waals surface area contributed by atoms with Crippen molar-refractivity contribution in [3.63, 3.8) is 0 Å². The van der Waals surface area contributed by atoms with Crippen LogP contribution in [0.5, 0.6) is 0 Å².